The number of hydrogen-bond donors (Lipinski definition) is 2. The second-order valence-electron chi connectivity index (χ2n) is 7.02. The van der Waals surface area contributed by atoms with Crippen LogP contribution in [0.15, 0.2) is 16.3 Å². The van der Waals surface area contributed by atoms with E-state index in [9.17, 15) is 8.42 Å². The van der Waals surface area contributed by atoms with Crippen molar-refractivity contribution in [3.05, 3.63) is 16.3 Å². The van der Waals surface area contributed by atoms with E-state index in [1.165, 1.54) is 24.2 Å². The second-order valence-corrected chi connectivity index (χ2v) is 9.79. The summed E-state index contributed by atoms with van der Waals surface area (Å²) in [6.07, 6.45) is 2.48. The average Bonchev–Trinajstić information content (AvgIpc) is 3.08. The van der Waals surface area contributed by atoms with Crippen LogP contribution in [0.2, 0.25) is 0 Å². The van der Waals surface area contributed by atoms with E-state index in [2.05, 4.69) is 37.7 Å². The van der Waals surface area contributed by atoms with Gasteiger partial charge in [-0.25, -0.2) is 13.1 Å². The van der Waals surface area contributed by atoms with Gasteiger partial charge in [0.1, 0.15) is 0 Å². The molecule has 0 amide bonds. The molecule has 0 radical (unpaired) electrons. The zero-order valence-corrected chi connectivity index (χ0v) is 14.9. The largest absolute Gasteiger partial charge is 0.309 e. The first-order valence-corrected chi connectivity index (χ1v) is 9.85. The number of hydrogen-bond acceptors (Lipinski definition) is 4. The van der Waals surface area contributed by atoms with Crippen LogP contribution in [0.4, 0.5) is 0 Å². The van der Waals surface area contributed by atoms with E-state index in [0.717, 1.165) is 11.4 Å². The Labute approximate surface area is 132 Å². The van der Waals surface area contributed by atoms with Crippen LogP contribution in [-0.2, 0) is 16.6 Å². The van der Waals surface area contributed by atoms with Gasteiger partial charge in [0.2, 0.25) is 10.0 Å². The average molecular weight is 331 g/mol. The Kier molecular flexibility index (Phi) is 5.13. The molecular weight excluding hydrogens is 304 g/mol. The summed E-state index contributed by atoms with van der Waals surface area (Å²) in [5.74, 6) is 0.280. The van der Waals surface area contributed by atoms with Crippen molar-refractivity contribution in [2.24, 2.45) is 11.3 Å². The number of sulfonamides is 1. The highest BCUT2D eigenvalue weighted by Gasteiger charge is 2.24. The van der Waals surface area contributed by atoms with Crippen molar-refractivity contribution >= 4 is 21.4 Å². The van der Waals surface area contributed by atoms with Gasteiger partial charge in [-0.15, -0.1) is 11.3 Å². The summed E-state index contributed by atoms with van der Waals surface area (Å²) in [4.78, 5) is 1.47. The van der Waals surface area contributed by atoms with Gasteiger partial charge in [-0.2, -0.15) is 0 Å². The molecule has 120 valence electrons. The van der Waals surface area contributed by atoms with E-state index in [4.69, 9.17) is 0 Å². The molecule has 2 N–H and O–H groups in total. The van der Waals surface area contributed by atoms with E-state index in [0.29, 0.717) is 17.5 Å². The first-order valence-electron chi connectivity index (χ1n) is 7.49. The molecule has 1 unspecified atom stereocenters. The van der Waals surface area contributed by atoms with Crippen LogP contribution in [0.1, 0.15) is 45.4 Å². The van der Waals surface area contributed by atoms with Gasteiger partial charge in [0.25, 0.3) is 0 Å². The summed E-state index contributed by atoms with van der Waals surface area (Å²) in [5, 5.41) is 5.13. The van der Waals surface area contributed by atoms with Gasteiger partial charge < -0.3 is 5.32 Å². The smallest absolute Gasteiger partial charge is 0.241 e. The molecule has 6 heteroatoms. The van der Waals surface area contributed by atoms with Gasteiger partial charge in [0, 0.05) is 29.4 Å². The molecule has 21 heavy (non-hydrogen) atoms. The molecule has 1 aromatic rings. The lowest BCUT2D eigenvalue weighted by Crippen LogP contribution is -2.33. The van der Waals surface area contributed by atoms with E-state index < -0.39 is 10.0 Å². The van der Waals surface area contributed by atoms with E-state index >= 15 is 0 Å². The van der Waals surface area contributed by atoms with E-state index in [-0.39, 0.29) is 11.3 Å². The predicted octanol–water partition coefficient (Wildman–Crippen LogP) is 2.96. The summed E-state index contributed by atoms with van der Waals surface area (Å²) in [6.45, 7) is 9.68. The Balaban J connectivity index is 1.92. The molecule has 0 bridgehead atoms. The van der Waals surface area contributed by atoms with Crippen LogP contribution in [-0.4, -0.2) is 21.0 Å². The summed E-state index contributed by atoms with van der Waals surface area (Å²) in [6, 6.07) is 2.42. The monoisotopic (exact) mass is 330 g/mol. The minimum absolute atomic E-state index is 0.0938. The van der Waals surface area contributed by atoms with Crippen molar-refractivity contribution in [3.63, 3.8) is 0 Å². The zero-order chi connectivity index (χ0) is 15.7. The van der Waals surface area contributed by atoms with Crippen molar-refractivity contribution in [1.82, 2.24) is 10.0 Å². The molecule has 1 heterocycles. The van der Waals surface area contributed by atoms with Crippen LogP contribution >= 0.6 is 11.3 Å². The third-order valence-corrected chi connectivity index (χ3v) is 6.63. The molecule has 1 aliphatic rings. The minimum atomic E-state index is -3.39. The Bertz CT molecular complexity index is 569. The van der Waals surface area contributed by atoms with Crippen LogP contribution in [0.3, 0.4) is 0 Å². The molecular formula is C15H26N2O2S2. The molecule has 1 fully saturated rings. The second kappa shape index (κ2) is 6.36. The SMILES string of the molecule is CC(CNS(=O)(=O)c1csc(CNC2CC2)c1)C(C)(C)C. The zero-order valence-electron chi connectivity index (χ0n) is 13.3. The van der Waals surface area contributed by atoms with E-state index in [1.807, 2.05) is 0 Å². The van der Waals surface area contributed by atoms with Crippen molar-refractivity contribution in [2.75, 3.05) is 6.54 Å². The van der Waals surface area contributed by atoms with E-state index in [1.54, 1.807) is 11.4 Å². The highest BCUT2D eigenvalue weighted by atomic mass is 32.2. The first kappa shape index (κ1) is 16.9. The minimum Gasteiger partial charge on any atom is -0.309 e. The third-order valence-electron chi connectivity index (χ3n) is 4.14. The van der Waals surface area contributed by atoms with Gasteiger partial charge in [-0.1, -0.05) is 27.7 Å². The van der Waals surface area contributed by atoms with Crippen molar-refractivity contribution in [3.8, 4) is 0 Å². The normalized spacial score (nSPS) is 17.9. The van der Waals surface area contributed by atoms with Gasteiger partial charge in [-0.3, -0.25) is 0 Å². The molecule has 4 nitrogen and oxygen atoms in total. The maximum Gasteiger partial charge on any atom is 0.241 e. The molecule has 0 aliphatic heterocycles. The predicted molar refractivity (Wildman–Crippen MR) is 88.0 cm³/mol. The lowest BCUT2D eigenvalue weighted by molar-refractivity contribution is 0.263. The molecule has 1 saturated carbocycles. The summed E-state index contributed by atoms with van der Waals surface area (Å²) < 4.78 is 27.3. The lowest BCUT2D eigenvalue weighted by Gasteiger charge is -2.27. The molecule has 0 spiro atoms. The van der Waals surface area contributed by atoms with Gasteiger partial charge in [-0.05, 0) is 30.2 Å². The fraction of sp³-hybridized carbons (Fsp3) is 0.733. The number of thiophene rings is 1. The van der Waals surface area contributed by atoms with Crippen LogP contribution < -0.4 is 10.0 Å². The van der Waals surface area contributed by atoms with Crippen molar-refractivity contribution < 1.29 is 8.42 Å². The van der Waals surface area contributed by atoms with Crippen molar-refractivity contribution in [2.45, 2.75) is 58.0 Å². The Morgan fingerprint density at radius 3 is 2.62 bits per heavy atom. The molecule has 1 aliphatic carbocycles. The highest BCUT2D eigenvalue weighted by Crippen LogP contribution is 2.26. The fourth-order valence-electron chi connectivity index (χ4n) is 1.75. The highest BCUT2D eigenvalue weighted by molar-refractivity contribution is 7.89. The van der Waals surface area contributed by atoms with Crippen LogP contribution in [0.25, 0.3) is 0 Å². The standard InChI is InChI=1S/C15H26N2O2S2/c1-11(15(2,3)4)8-17-21(18,19)14-7-13(20-10-14)9-16-12-5-6-12/h7,10-12,16-17H,5-6,8-9H2,1-4H3. The number of rotatable bonds is 7. The van der Waals surface area contributed by atoms with Gasteiger partial charge in [0.05, 0.1) is 4.90 Å². The maximum atomic E-state index is 12.3. The third kappa shape index (κ3) is 5.06. The molecule has 0 aromatic carbocycles. The van der Waals surface area contributed by atoms with Gasteiger partial charge in [0.15, 0.2) is 0 Å². The fourth-order valence-corrected chi connectivity index (χ4v) is 4.11. The van der Waals surface area contributed by atoms with Crippen LogP contribution in [0.5, 0.6) is 0 Å². The Morgan fingerprint density at radius 1 is 1.38 bits per heavy atom. The number of nitrogens with one attached hydrogen (secondary N) is 2. The molecule has 2 rings (SSSR count). The summed E-state index contributed by atoms with van der Waals surface area (Å²) in [5.41, 5.74) is 0.0938. The molecule has 1 atom stereocenters. The van der Waals surface area contributed by atoms with Crippen LogP contribution in [0, 0.1) is 11.3 Å². The summed E-state index contributed by atoms with van der Waals surface area (Å²) in [7, 11) is -3.39. The topological polar surface area (TPSA) is 58.2 Å². The Hall–Kier alpha value is -0.430. The maximum absolute atomic E-state index is 12.3. The lowest BCUT2D eigenvalue weighted by atomic mass is 9.82. The van der Waals surface area contributed by atoms with Crippen molar-refractivity contribution in [1.29, 1.82) is 0 Å². The first-order chi connectivity index (χ1) is 9.68. The quantitative estimate of drug-likeness (QED) is 0.808. The Morgan fingerprint density at radius 2 is 2.05 bits per heavy atom. The summed E-state index contributed by atoms with van der Waals surface area (Å²) >= 11 is 1.50. The molecule has 1 aromatic heterocycles. The molecule has 0 saturated heterocycles. The van der Waals surface area contributed by atoms with Gasteiger partial charge >= 0.3 is 0 Å².